The molecule has 0 bridgehead atoms. The van der Waals surface area contributed by atoms with Gasteiger partial charge in [-0.1, -0.05) is 6.07 Å². The molecule has 0 aliphatic carbocycles. The van der Waals surface area contributed by atoms with E-state index in [9.17, 15) is 23.3 Å². The monoisotopic (exact) mass is 265 g/mol. The Morgan fingerprint density at radius 2 is 2.06 bits per heavy atom. The first-order chi connectivity index (χ1) is 8.33. The van der Waals surface area contributed by atoms with Crippen LogP contribution in [0.25, 0.3) is 0 Å². The minimum Gasteiger partial charge on any atom is -0.486 e. The van der Waals surface area contributed by atoms with Crippen LogP contribution in [0, 0.1) is 10.1 Å². The topological polar surface area (TPSA) is 72.6 Å². The maximum atomic E-state index is 11.9. The maximum Gasteiger partial charge on any atom is 0.392 e. The van der Waals surface area contributed by atoms with E-state index in [2.05, 4.69) is 0 Å². The van der Waals surface area contributed by atoms with Gasteiger partial charge in [0.15, 0.2) is 5.75 Å². The van der Waals surface area contributed by atoms with E-state index < -0.39 is 36.4 Å². The molecule has 0 atom stereocenters. The van der Waals surface area contributed by atoms with Crippen LogP contribution in [-0.2, 0) is 6.61 Å². The van der Waals surface area contributed by atoms with E-state index >= 15 is 0 Å². The molecule has 0 saturated carbocycles. The lowest BCUT2D eigenvalue weighted by Gasteiger charge is -2.09. The molecule has 100 valence electrons. The fraction of sp³-hybridized carbons (Fsp3) is 0.400. The standard InChI is InChI=1S/C10H10F3NO4/c11-10(12,13)3-4-18-9-2-1-7(6-15)5-8(9)14(16)17/h1-2,5,15H,3-4,6H2. The predicted molar refractivity (Wildman–Crippen MR) is 55.2 cm³/mol. The molecule has 0 unspecified atom stereocenters. The first kappa shape index (κ1) is 14.2. The molecule has 0 fully saturated rings. The predicted octanol–water partition coefficient (Wildman–Crippen LogP) is 2.42. The van der Waals surface area contributed by atoms with Crippen molar-refractivity contribution in [1.82, 2.24) is 0 Å². The Labute approximate surface area is 99.9 Å². The second-order valence-electron chi connectivity index (χ2n) is 3.43. The Balaban J connectivity index is 2.79. The van der Waals surface area contributed by atoms with Crippen molar-refractivity contribution in [2.45, 2.75) is 19.2 Å². The van der Waals surface area contributed by atoms with Crippen molar-refractivity contribution in [1.29, 1.82) is 0 Å². The SMILES string of the molecule is O=[N+]([O-])c1cc(CO)ccc1OCCC(F)(F)F. The number of nitro groups is 1. The summed E-state index contributed by atoms with van der Waals surface area (Å²) in [4.78, 5) is 9.90. The summed E-state index contributed by atoms with van der Waals surface area (Å²) in [7, 11) is 0. The van der Waals surface area contributed by atoms with Gasteiger partial charge in [0.1, 0.15) is 0 Å². The fourth-order valence-corrected chi connectivity index (χ4v) is 1.20. The third-order valence-corrected chi connectivity index (χ3v) is 2.05. The van der Waals surface area contributed by atoms with Crippen LogP contribution in [0.15, 0.2) is 18.2 Å². The van der Waals surface area contributed by atoms with Gasteiger partial charge in [0.2, 0.25) is 0 Å². The number of alkyl halides is 3. The minimum absolute atomic E-state index is 0.249. The highest BCUT2D eigenvalue weighted by Gasteiger charge is 2.27. The number of benzene rings is 1. The molecule has 0 aromatic heterocycles. The Morgan fingerprint density at radius 1 is 1.39 bits per heavy atom. The van der Waals surface area contributed by atoms with Crippen molar-refractivity contribution in [3.05, 3.63) is 33.9 Å². The molecule has 1 N–H and O–H groups in total. The van der Waals surface area contributed by atoms with Gasteiger partial charge in [0, 0.05) is 6.07 Å². The van der Waals surface area contributed by atoms with Gasteiger partial charge in [0.25, 0.3) is 0 Å². The summed E-state index contributed by atoms with van der Waals surface area (Å²) >= 11 is 0. The Hall–Kier alpha value is -1.83. The van der Waals surface area contributed by atoms with Gasteiger partial charge in [-0.2, -0.15) is 13.2 Å². The number of halogens is 3. The van der Waals surface area contributed by atoms with Gasteiger partial charge in [-0.3, -0.25) is 10.1 Å². The summed E-state index contributed by atoms with van der Waals surface area (Å²) in [5.41, 5.74) is -0.186. The van der Waals surface area contributed by atoms with Gasteiger partial charge in [0.05, 0.1) is 24.6 Å². The molecule has 18 heavy (non-hydrogen) atoms. The highest BCUT2D eigenvalue weighted by Crippen LogP contribution is 2.29. The summed E-state index contributed by atoms with van der Waals surface area (Å²) in [6.07, 6.45) is -5.56. The molecular formula is C10H10F3NO4. The van der Waals surface area contributed by atoms with E-state index in [1.54, 1.807) is 0 Å². The molecular weight excluding hydrogens is 255 g/mol. The number of nitro benzene ring substituents is 1. The molecule has 1 rings (SSSR count). The highest BCUT2D eigenvalue weighted by molar-refractivity contribution is 5.48. The third-order valence-electron chi connectivity index (χ3n) is 2.05. The van der Waals surface area contributed by atoms with E-state index in [0.29, 0.717) is 0 Å². The zero-order chi connectivity index (χ0) is 13.8. The number of rotatable bonds is 5. The van der Waals surface area contributed by atoms with Crippen molar-refractivity contribution in [2.75, 3.05) is 6.61 Å². The molecule has 0 saturated heterocycles. The van der Waals surface area contributed by atoms with Crippen molar-refractivity contribution in [2.24, 2.45) is 0 Å². The molecule has 0 aliphatic rings. The first-order valence-corrected chi connectivity index (χ1v) is 4.91. The Bertz CT molecular complexity index is 434. The zero-order valence-corrected chi connectivity index (χ0v) is 9.11. The third kappa shape index (κ3) is 4.21. The van der Waals surface area contributed by atoms with Crippen molar-refractivity contribution < 1.29 is 27.9 Å². The van der Waals surface area contributed by atoms with Crippen LogP contribution < -0.4 is 4.74 Å². The summed E-state index contributed by atoms with van der Waals surface area (Å²) in [6.45, 7) is -1.09. The maximum absolute atomic E-state index is 11.9. The summed E-state index contributed by atoms with van der Waals surface area (Å²) in [6, 6.07) is 3.57. The van der Waals surface area contributed by atoms with Crippen molar-refractivity contribution >= 4 is 5.69 Å². The van der Waals surface area contributed by atoms with Crippen LogP contribution in [0.1, 0.15) is 12.0 Å². The number of aliphatic hydroxyl groups excluding tert-OH is 1. The number of aliphatic hydroxyl groups is 1. The quantitative estimate of drug-likeness (QED) is 0.655. The Morgan fingerprint density at radius 3 is 2.56 bits per heavy atom. The molecule has 0 heterocycles. The van der Waals surface area contributed by atoms with Crippen LogP contribution in [0.4, 0.5) is 18.9 Å². The highest BCUT2D eigenvalue weighted by atomic mass is 19.4. The van der Waals surface area contributed by atoms with Gasteiger partial charge in [-0.15, -0.1) is 0 Å². The summed E-state index contributed by atoms with van der Waals surface area (Å²) < 4.78 is 40.4. The van der Waals surface area contributed by atoms with Crippen LogP contribution in [0.2, 0.25) is 0 Å². The van der Waals surface area contributed by atoms with Crippen LogP contribution in [-0.4, -0.2) is 22.8 Å². The zero-order valence-electron chi connectivity index (χ0n) is 9.11. The largest absolute Gasteiger partial charge is 0.486 e. The lowest BCUT2D eigenvalue weighted by Crippen LogP contribution is -2.13. The van der Waals surface area contributed by atoms with E-state index in [-0.39, 0.29) is 11.3 Å². The lowest BCUT2D eigenvalue weighted by molar-refractivity contribution is -0.386. The van der Waals surface area contributed by atoms with Crippen LogP contribution in [0.5, 0.6) is 5.75 Å². The van der Waals surface area contributed by atoms with E-state index in [1.807, 2.05) is 0 Å². The number of hydrogen-bond acceptors (Lipinski definition) is 4. The fourth-order valence-electron chi connectivity index (χ4n) is 1.20. The molecule has 1 aromatic carbocycles. The van der Waals surface area contributed by atoms with Gasteiger partial charge < -0.3 is 9.84 Å². The van der Waals surface area contributed by atoms with Crippen LogP contribution in [0.3, 0.4) is 0 Å². The number of ether oxygens (including phenoxy) is 1. The second-order valence-corrected chi connectivity index (χ2v) is 3.43. The van der Waals surface area contributed by atoms with Crippen LogP contribution >= 0.6 is 0 Å². The first-order valence-electron chi connectivity index (χ1n) is 4.91. The second kappa shape index (κ2) is 5.67. The smallest absolute Gasteiger partial charge is 0.392 e. The van der Waals surface area contributed by atoms with Crippen molar-refractivity contribution in [3.8, 4) is 5.75 Å². The average molecular weight is 265 g/mol. The normalized spacial score (nSPS) is 11.3. The molecule has 0 amide bonds. The summed E-state index contributed by atoms with van der Waals surface area (Å²) in [5, 5.41) is 19.5. The average Bonchev–Trinajstić information content (AvgIpc) is 2.27. The van der Waals surface area contributed by atoms with Gasteiger partial charge in [-0.25, -0.2) is 0 Å². The van der Waals surface area contributed by atoms with E-state index in [4.69, 9.17) is 9.84 Å². The van der Waals surface area contributed by atoms with Gasteiger partial charge >= 0.3 is 11.9 Å². The van der Waals surface area contributed by atoms with E-state index in [0.717, 1.165) is 6.07 Å². The molecule has 8 heteroatoms. The van der Waals surface area contributed by atoms with Crippen molar-refractivity contribution in [3.63, 3.8) is 0 Å². The molecule has 0 spiro atoms. The molecule has 0 radical (unpaired) electrons. The molecule has 0 aliphatic heterocycles. The lowest BCUT2D eigenvalue weighted by atomic mass is 10.2. The van der Waals surface area contributed by atoms with E-state index in [1.165, 1.54) is 12.1 Å². The number of hydrogen-bond donors (Lipinski definition) is 1. The minimum atomic E-state index is -4.38. The molecule has 1 aromatic rings. The van der Waals surface area contributed by atoms with Gasteiger partial charge in [-0.05, 0) is 11.6 Å². The number of nitrogens with zero attached hydrogens (tertiary/aromatic N) is 1. The molecule has 5 nitrogen and oxygen atoms in total. The Kier molecular flexibility index (Phi) is 4.49. The summed E-state index contributed by atoms with van der Waals surface area (Å²) in [5.74, 6) is -0.249.